The van der Waals surface area contributed by atoms with E-state index in [0.717, 1.165) is 0 Å². The highest BCUT2D eigenvalue weighted by atomic mass is 16.4. The van der Waals surface area contributed by atoms with Gasteiger partial charge in [-0.05, 0) is 43.7 Å². The molecule has 2 rings (SSSR count). The molecule has 4 heteroatoms. The van der Waals surface area contributed by atoms with E-state index < -0.39 is 5.97 Å². The second-order valence-electron chi connectivity index (χ2n) is 4.71. The second kappa shape index (κ2) is 5.67. The van der Waals surface area contributed by atoms with Gasteiger partial charge < -0.3 is 15.2 Å². The number of carboxylic acids is 1. The molecule has 1 aromatic carbocycles. The molecule has 0 spiro atoms. The number of nitrogens with one attached hydrogen (secondary N) is 1. The number of carbonyl (C=O) groups excluding carboxylic acids is 2. The predicted octanol–water partition coefficient (Wildman–Crippen LogP) is 0.725. The number of rotatable bonds is 3. The maximum Gasteiger partial charge on any atom is 0.251 e. The summed E-state index contributed by atoms with van der Waals surface area (Å²) in [5.41, 5.74) is 0.638. The van der Waals surface area contributed by atoms with E-state index in [2.05, 4.69) is 5.32 Å². The van der Waals surface area contributed by atoms with E-state index in [1.807, 2.05) is 18.2 Å². The number of aliphatic carboxylic acids is 1. The van der Waals surface area contributed by atoms with Crippen molar-refractivity contribution in [2.45, 2.75) is 31.7 Å². The van der Waals surface area contributed by atoms with Gasteiger partial charge in [-0.15, -0.1) is 0 Å². The average Bonchev–Trinajstić information content (AvgIpc) is 2.40. The van der Waals surface area contributed by atoms with Gasteiger partial charge in [0.1, 0.15) is 0 Å². The van der Waals surface area contributed by atoms with Crippen molar-refractivity contribution in [2.24, 2.45) is 5.92 Å². The van der Waals surface area contributed by atoms with Crippen LogP contribution in [0.25, 0.3) is 0 Å². The maximum absolute atomic E-state index is 11.9. The van der Waals surface area contributed by atoms with Crippen molar-refractivity contribution in [1.29, 1.82) is 0 Å². The summed E-state index contributed by atoms with van der Waals surface area (Å²) >= 11 is 0. The van der Waals surface area contributed by atoms with Crippen LogP contribution >= 0.6 is 0 Å². The molecular weight excluding hydrogens is 230 g/mol. The molecule has 0 aromatic heterocycles. The normalized spacial score (nSPS) is 23.3. The Morgan fingerprint density at radius 1 is 1.06 bits per heavy atom. The first kappa shape index (κ1) is 12.6. The molecular formula is C14H16NO3-. The lowest BCUT2D eigenvalue weighted by Gasteiger charge is -2.29. The lowest BCUT2D eigenvalue weighted by molar-refractivity contribution is -0.312. The van der Waals surface area contributed by atoms with E-state index in [1.54, 1.807) is 12.1 Å². The second-order valence-corrected chi connectivity index (χ2v) is 4.71. The van der Waals surface area contributed by atoms with Crippen molar-refractivity contribution < 1.29 is 14.7 Å². The number of benzene rings is 1. The zero-order valence-electron chi connectivity index (χ0n) is 10.1. The van der Waals surface area contributed by atoms with Gasteiger partial charge in [-0.1, -0.05) is 18.2 Å². The van der Waals surface area contributed by atoms with Crippen LogP contribution in [-0.2, 0) is 4.79 Å². The third-order valence-electron chi connectivity index (χ3n) is 3.43. The zero-order chi connectivity index (χ0) is 13.0. The van der Waals surface area contributed by atoms with E-state index in [-0.39, 0.29) is 17.9 Å². The lowest BCUT2D eigenvalue weighted by atomic mass is 9.86. The Kier molecular flexibility index (Phi) is 3.97. The minimum absolute atomic E-state index is 0.0771. The van der Waals surface area contributed by atoms with Gasteiger partial charge in [-0.25, -0.2) is 0 Å². The quantitative estimate of drug-likeness (QED) is 0.854. The van der Waals surface area contributed by atoms with Crippen molar-refractivity contribution in [3.63, 3.8) is 0 Å². The van der Waals surface area contributed by atoms with Crippen molar-refractivity contribution in [3.05, 3.63) is 35.9 Å². The number of hydrogen-bond acceptors (Lipinski definition) is 3. The highest BCUT2D eigenvalue weighted by molar-refractivity contribution is 5.94. The molecule has 96 valence electrons. The minimum atomic E-state index is -0.970. The van der Waals surface area contributed by atoms with Crippen LogP contribution in [0.2, 0.25) is 0 Å². The van der Waals surface area contributed by atoms with Gasteiger partial charge in [0.15, 0.2) is 0 Å². The van der Waals surface area contributed by atoms with Crippen LogP contribution in [-0.4, -0.2) is 17.9 Å². The molecule has 1 fully saturated rings. The molecule has 1 aliphatic rings. The van der Waals surface area contributed by atoms with Gasteiger partial charge in [0.05, 0.1) is 0 Å². The minimum Gasteiger partial charge on any atom is -0.550 e. The topological polar surface area (TPSA) is 69.2 Å². The monoisotopic (exact) mass is 246 g/mol. The Hall–Kier alpha value is -1.84. The predicted molar refractivity (Wildman–Crippen MR) is 64.7 cm³/mol. The summed E-state index contributed by atoms with van der Waals surface area (Å²) in [7, 11) is 0. The van der Waals surface area contributed by atoms with Crippen LogP contribution in [0.3, 0.4) is 0 Å². The van der Waals surface area contributed by atoms with Crippen molar-refractivity contribution in [1.82, 2.24) is 5.32 Å². The van der Waals surface area contributed by atoms with Crippen LogP contribution in [0.5, 0.6) is 0 Å². The standard InChI is InChI=1S/C14H17NO3/c16-13(10-4-2-1-3-5-10)15-12-8-6-11(7-9-12)14(17)18/h1-5,11-12H,6-9H2,(H,15,16)(H,17,18)/p-1. The van der Waals surface area contributed by atoms with Crippen molar-refractivity contribution in [2.75, 3.05) is 0 Å². The number of hydrogen-bond donors (Lipinski definition) is 1. The first-order valence-electron chi connectivity index (χ1n) is 6.23. The van der Waals surface area contributed by atoms with Crippen LogP contribution < -0.4 is 10.4 Å². The van der Waals surface area contributed by atoms with Crippen molar-refractivity contribution >= 4 is 11.9 Å². The first-order chi connectivity index (χ1) is 8.66. The molecule has 0 bridgehead atoms. The van der Waals surface area contributed by atoms with Crippen LogP contribution in [0.15, 0.2) is 30.3 Å². The molecule has 0 aliphatic heterocycles. The third kappa shape index (κ3) is 3.09. The molecule has 0 radical (unpaired) electrons. The van der Waals surface area contributed by atoms with E-state index in [0.29, 0.717) is 31.2 Å². The Morgan fingerprint density at radius 2 is 1.67 bits per heavy atom. The first-order valence-corrected chi connectivity index (χ1v) is 6.23. The highest BCUT2D eigenvalue weighted by Crippen LogP contribution is 2.23. The fraction of sp³-hybridized carbons (Fsp3) is 0.429. The van der Waals surface area contributed by atoms with Gasteiger partial charge in [-0.2, -0.15) is 0 Å². The molecule has 1 amide bonds. The molecule has 1 saturated carbocycles. The van der Waals surface area contributed by atoms with E-state index in [4.69, 9.17) is 0 Å². The SMILES string of the molecule is O=C(NC1CCC(C(=O)[O-])CC1)c1ccccc1. The smallest absolute Gasteiger partial charge is 0.251 e. The molecule has 1 aliphatic carbocycles. The Balaban J connectivity index is 1.85. The largest absolute Gasteiger partial charge is 0.550 e. The molecule has 4 nitrogen and oxygen atoms in total. The Labute approximate surface area is 106 Å². The fourth-order valence-corrected chi connectivity index (χ4v) is 2.33. The fourth-order valence-electron chi connectivity index (χ4n) is 2.33. The summed E-state index contributed by atoms with van der Waals surface area (Å²) in [6, 6.07) is 9.11. The van der Waals surface area contributed by atoms with Crippen LogP contribution in [0, 0.1) is 5.92 Å². The van der Waals surface area contributed by atoms with E-state index in [9.17, 15) is 14.7 Å². The van der Waals surface area contributed by atoms with Gasteiger partial charge >= 0.3 is 0 Å². The summed E-state index contributed by atoms with van der Waals surface area (Å²) in [5.74, 6) is -1.41. The average molecular weight is 246 g/mol. The van der Waals surface area contributed by atoms with E-state index >= 15 is 0 Å². The van der Waals surface area contributed by atoms with Gasteiger partial charge in [0.25, 0.3) is 5.91 Å². The number of carboxylic acid groups (broad SMARTS) is 1. The molecule has 1 N–H and O–H groups in total. The number of amides is 1. The van der Waals surface area contributed by atoms with E-state index in [1.165, 1.54) is 0 Å². The van der Waals surface area contributed by atoms with Gasteiger partial charge in [-0.3, -0.25) is 4.79 Å². The molecule has 0 unspecified atom stereocenters. The molecule has 0 heterocycles. The summed E-state index contributed by atoms with van der Waals surface area (Å²) in [6.45, 7) is 0. The summed E-state index contributed by atoms with van der Waals surface area (Å²) in [6.07, 6.45) is 2.58. The van der Waals surface area contributed by atoms with Crippen LogP contribution in [0.4, 0.5) is 0 Å². The van der Waals surface area contributed by atoms with Gasteiger partial charge in [0, 0.05) is 17.6 Å². The molecule has 1 aromatic rings. The van der Waals surface area contributed by atoms with Crippen molar-refractivity contribution in [3.8, 4) is 0 Å². The number of carbonyl (C=O) groups is 2. The molecule has 0 atom stereocenters. The zero-order valence-corrected chi connectivity index (χ0v) is 10.1. The summed E-state index contributed by atoms with van der Waals surface area (Å²) in [4.78, 5) is 22.6. The maximum atomic E-state index is 11.9. The summed E-state index contributed by atoms with van der Waals surface area (Å²) < 4.78 is 0. The van der Waals surface area contributed by atoms with Crippen LogP contribution in [0.1, 0.15) is 36.0 Å². The Bertz CT molecular complexity index is 422. The molecule has 18 heavy (non-hydrogen) atoms. The lowest BCUT2D eigenvalue weighted by Crippen LogP contribution is -2.41. The molecule has 0 saturated heterocycles. The highest BCUT2D eigenvalue weighted by Gasteiger charge is 2.23. The summed E-state index contributed by atoms with van der Waals surface area (Å²) in [5, 5.41) is 13.6. The third-order valence-corrected chi connectivity index (χ3v) is 3.43. The Morgan fingerprint density at radius 3 is 2.22 bits per heavy atom. The van der Waals surface area contributed by atoms with Gasteiger partial charge in [0.2, 0.25) is 0 Å².